The molecule has 0 saturated carbocycles. The summed E-state index contributed by atoms with van der Waals surface area (Å²) in [6.45, 7) is 0. The van der Waals surface area contributed by atoms with Gasteiger partial charge >= 0.3 is 0 Å². The number of hydrogen-bond donors (Lipinski definition) is 1. The van der Waals surface area contributed by atoms with Crippen molar-refractivity contribution < 1.29 is 24.5 Å². The molecule has 0 aliphatic carbocycles. The molecule has 1 N–H and O–H groups in total. The van der Waals surface area contributed by atoms with Crippen molar-refractivity contribution in [3.05, 3.63) is 28.7 Å². The Morgan fingerprint density at radius 2 is 2.28 bits per heavy atom. The average molecular weight is 399 g/mol. The van der Waals surface area contributed by atoms with Crippen LogP contribution in [0.4, 0.5) is 0 Å². The van der Waals surface area contributed by atoms with E-state index in [0.717, 1.165) is 16.7 Å². The first-order chi connectivity index (χ1) is 11.9. The fourth-order valence-electron chi connectivity index (χ4n) is 2.27. The number of thioether (sulfide) groups is 2. The number of amides is 1. The molecule has 1 aromatic rings. The summed E-state index contributed by atoms with van der Waals surface area (Å²) in [5.41, 5.74) is 0.629. The van der Waals surface area contributed by atoms with Gasteiger partial charge in [0, 0.05) is 0 Å². The topological polar surface area (TPSA) is 89.9 Å². The number of hydrogen-bond acceptors (Lipinski definition) is 8. The van der Waals surface area contributed by atoms with Gasteiger partial charge in [0.25, 0.3) is 5.91 Å². The molecule has 0 aromatic heterocycles. The molecule has 9 heteroatoms. The van der Waals surface area contributed by atoms with Gasteiger partial charge in [-0.2, -0.15) is 11.8 Å². The number of rotatable bonds is 7. The zero-order valence-electron chi connectivity index (χ0n) is 13.6. The number of carboxylic acid groups (broad SMARTS) is 1. The largest absolute Gasteiger partial charge is 0.548 e. The highest BCUT2D eigenvalue weighted by atomic mass is 32.2. The van der Waals surface area contributed by atoms with E-state index in [2.05, 4.69) is 0 Å². The van der Waals surface area contributed by atoms with Crippen LogP contribution in [0.1, 0.15) is 12.0 Å². The van der Waals surface area contributed by atoms with Crippen LogP contribution >= 0.6 is 35.7 Å². The van der Waals surface area contributed by atoms with Crippen LogP contribution < -0.4 is 9.84 Å². The Morgan fingerprint density at radius 1 is 1.56 bits per heavy atom. The molecule has 0 bridgehead atoms. The highest BCUT2D eigenvalue weighted by Crippen LogP contribution is 2.36. The molecule has 0 spiro atoms. The lowest BCUT2D eigenvalue weighted by molar-refractivity contribution is -0.310. The second kappa shape index (κ2) is 8.59. The van der Waals surface area contributed by atoms with Crippen LogP contribution in [0.2, 0.25) is 0 Å². The third-order valence-corrected chi connectivity index (χ3v) is 5.48. The first-order valence-electron chi connectivity index (χ1n) is 7.23. The highest BCUT2D eigenvalue weighted by Gasteiger charge is 2.37. The number of phenolic OH excluding ortho intramolecular Hbond substituents is 1. The predicted molar refractivity (Wildman–Crippen MR) is 101 cm³/mol. The van der Waals surface area contributed by atoms with Gasteiger partial charge in [0.1, 0.15) is 4.32 Å². The predicted octanol–water partition coefficient (Wildman–Crippen LogP) is 1.47. The van der Waals surface area contributed by atoms with Crippen molar-refractivity contribution >= 4 is 58.0 Å². The number of carboxylic acids is 1. The lowest BCUT2D eigenvalue weighted by Gasteiger charge is -2.27. The second-order valence-corrected chi connectivity index (χ2v) is 7.76. The van der Waals surface area contributed by atoms with Gasteiger partial charge in [-0.15, -0.1) is 0 Å². The average Bonchev–Trinajstić information content (AvgIpc) is 2.84. The van der Waals surface area contributed by atoms with E-state index in [4.69, 9.17) is 17.0 Å². The minimum atomic E-state index is -1.32. The molecule has 0 unspecified atom stereocenters. The monoisotopic (exact) mass is 398 g/mol. The maximum Gasteiger partial charge on any atom is 0.266 e. The third kappa shape index (κ3) is 4.47. The van der Waals surface area contributed by atoms with Crippen LogP contribution in [0.5, 0.6) is 11.5 Å². The first-order valence-corrected chi connectivity index (χ1v) is 9.84. The number of aliphatic carboxylic acids is 1. The van der Waals surface area contributed by atoms with Crippen molar-refractivity contribution in [2.75, 3.05) is 19.1 Å². The molecule has 0 radical (unpaired) electrons. The van der Waals surface area contributed by atoms with E-state index in [1.165, 1.54) is 24.9 Å². The van der Waals surface area contributed by atoms with E-state index in [0.29, 0.717) is 16.2 Å². The lowest BCUT2D eigenvalue weighted by atomic mass is 10.1. The zero-order chi connectivity index (χ0) is 18.6. The number of methoxy groups -OCH3 is 1. The maximum absolute atomic E-state index is 12.6. The van der Waals surface area contributed by atoms with Gasteiger partial charge in [-0.05, 0) is 42.2 Å². The molecule has 1 saturated heterocycles. The number of benzene rings is 1. The van der Waals surface area contributed by atoms with Gasteiger partial charge in [0.2, 0.25) is 0 Å². The summed E-state index contributed by atoms with van der Waals surface area (Å²) in [4.78, 5) is 25.5. The minimum absolute atomic E-state index is 0.0127. The molecular weight excluding hydrogens is 382 g/mol. The van der Waals surface area contributed by atoms with Crippen LogP contribution in [-0.4, -0.2) is 51.4 Å². The molecule has 1 amide bonds. The molecule has 1 aliphatic rings. The van der Waals surface area contributed by atoms with Crippen molar-refractivity contribution in [2.45, 2.75) is 12.5 Å². The van der Waals surface area contributed by atoms with Crippen LogP contribution in [-0.2, 0) is 9.59 Å². The van der Waals surface area contributed by atoms with Crippen LogP contribution in [0.15, 0.2) is 23.1 Å². The molecule has 134 valence electrons. The van der Waals surface area contributed by atoms with Crippen LogP contribution in [0.3, 0.4) is 0 Å². The van der Waals surface area contributed by atoms with Gasteiger partial charge in [-0.3, -0.25) is 9.69 Å². The number of nitrogens with zero attached hydrogens (tertiary/aromatic N) is 1. The molecule has 6 nitrogen and oxygen atoms in total. The van der Waals surface area contributed by atoms with Gasteiger partial charge in [0.05, 0.1) is 24.0 Å². The summed E-state index contributed by atoms with van der Waals surface area (Å²) in [6, 6.07) is 3.56. The van der Waals surface area contributed by atoms with E-state index in [-0.39, 0.29) is 22.2 Å². The van der Waals surface area contributed by atoms with Crippen molar-refractivity contribution in [1.82, 2.24) is 4.90 Å². The van der Waals surface area contributed by atoms with E-state index < -0.39 is 17.9 Å². The Bertz CT molecular complexity index is 734. The van der Waals surface area contributed by atoms with E-state index >= 15 is 0 Å². The molecule has 1 heterocycles. The van der Waals surface area contributed by atoms with E-state index in [1.54, 1.807) is 18.2 Å². The third-order valence-electron chi connectivity index (χ3n) is 3.50. The standard InChI is InChI=1S/C16H17NO5S3/c1-22-12-7-9(3-4-11(12)18)8-13-14(19)17(16(23)25-13)10(15(20)21)5-6-24-2/h3-4,7-8,10,18H,5-6H2,1-2H3,(H,20,21)/p-1/b13-8-/t10-/m1/s1. The van der Waals surface area contributed by atoms with Crippen molar-refractivity contribution in [1.29, 1.82) is 0 Å². The number of aromatic hydroxyl groups is 1. The van der Waals surface area contributed by atoms with Crippen molar-refractivity contribution in [3.8, 4) is 11.5 Å². The fourth-order valence-corrected chi connectivity index (χ4v) is 4.08. The summed E-state index contributed by atoms with van der Waals surface area (Å²) in [6.07, 6.45) is 3.70. The Labute approximate surface area is 159 Å². The molecule has 1 fully saturated rings. The van der Waals surface area contributed by atoms with Crippen LogP contribution in [0.25, 0.3) is 6.08 Å². The zero-order valence-corrected chi connectivity index (χ0v) is 16.0. The van der Waals surface area contributed by atoms with Crippen LogP contribution in [0, 0.1) is 0 Å². The van der Waals surface area contributed by atoms with E-state index in [9.17, 15) is 19.8 Å². The van der Waals surface area contributed by atoms with Gasteiger partial charge in [0.15, 0.2) is 11.5 Å². The lowest BCUT2D eigenvalue weighted by Crippen LogP contribution is -2.50. The summed E-state index contributed by atoms with van der Waals surface area (Å²) in [7, 11) is 1.43. The number of ether oxygens (including phenoxy) is 1. The summed E-state index contributed by atoms with van der Waals surface area (Å²) >= 11 is 7.72. The Hall–Kier alpha value is -1.71. The normalized spacial score (nSPS) is 17.2. The van der Waals surface area contributed by atoms with Gasteiger partial charge < -0.3 is 19.7 Å². The van der Waals surface area contributed by atoms with Gasteiger partial charge in [-0.25, -0.2) is 0 Å². The molecule has 25 heavy (non-hydrogen) atoms. The molecule has 2 rings (SSSR count). The summed E-state index contributed by atoms with van der Waals surface area (Å²) in [5.74, 6) is -0.947. The van der Waals surface area contributed by atoms with E-state index in [1.807, 2.05) is 6.26 Å². The Morgan fingerprint density at radius 3 is 2.88 bits per heavy atom. The SMILES string of the molecule is COc1cc(/C=C2\SC(=S)N([C@H](CCSC)C(=O)[O-])C2=O)ccc1O. The van der Waals surface area contributed by atoms with Gasteiger partial charge in [-0.1, -0.05) is 30.0 Å². The number of phenols is 1. The minimum Gasteiger partial charge on any atom is -0.548 e. The fraction of sp³-hybridized carbons (Fsp3) is 0.312. The smallest absolute Gasteiger partial charge is 0.266 e. The van der Waals surface area contributed by atoms with Crippen molar-refractivity contribution in [2.24, 2.45) is 0 Å². The number of thiocarbonyl (C=S) groups is 1. The summed E-state index contributed by atoms with van der Waals surface area (Å²) in [5, 5.41) is 21.0. The van der Waals surface area contributed by atoms with Crippen molar-refractivity contribution in [3.63, 3.8) is 0 Å². The molecular formula is C16H16NO5S3-. The molecule has 1 atom stereocenters. The number of carbonyl (C=O) groups is 2. The molecule has 1 aliphatic heterocycles. The Balaban J connectivity index is 2.29. The summed E-state index contributed by atoms with van der Waals surface area (Å²) < 4.78 is 5.23. The molecule has 1 aromatic carbocycles. The Kier molecular flexibility index (Phi) is 6.74. The highest BCUT2D eigenvalue weighted by molar-refractivity contribution is 8.26. The number of carbonyl (C=O) groups excluding carboxylic acids is 2. The first kappa shape index (κ1) is 19.6. The quantitative estimate of drug-likeness (QED) is 0.546. The second-order valence-electron chi connectivity index (χ2n) is 5.10. The maximum atomic E-state index is 12.6.